The van der Waals surface area contributed by atoms with Gasteiger partial charge in [0.15, 0.2) is 0 Å². The fourth-order valence-corrected chi connectivity index (χ4v) is 6.99. The third-order valence-electron chi connectivity index (χ3n) is 9.15. The Morgan fingerprint density at radius 1 is 1.02 bits per heavy atom. The van der Waals surface area contributed by atoms with Gasteiger partial charge in [-0.15, -0.1) is 0 Å². The van der Waals surface area contributed by atoms with Crippen LogP contribution >= 0.6 is 11.8 Å². The number of ether oxygens (including phenoxy) is 1. The lowest BCUT2D eigenvalue weighted by Crippen LogP contribution is -2.41. The molecule has 1 aromatic heterocycles. The van der Waals surface area contributed by atoms with Crippen molar-refractivity contribution in [3.63, 3.8) is 0 Å². The van der Waals surface area contributed by atoms with Gasteiger partial charge < -0.3 is 30.5 Å². The maximum atomic E-state index is 6.28. The Morgan fingerprint density at radius 3 is 2.53 bits per heavy atom. The molecule has 0 saturated carbocycles. The second-order valence-corrected chi connectivity index (χ2v) is 13.2. The van der Waals surface area contributed by atoms with Crippen LogP contribution in [0.25, 0.3) is 10.8 Å². The summed E-state index contributed by atoms with van der Waals surface area (Å²) in [5, 5.41) is 5.71. The van der Waals surface area contributed by atoms with Crippen molar-refractivity contribution in [1.82, 2.24) is 20.2 Å². The predicted octanol–water partition coefficient (Wildman–Crippen LogP) is 4.86. The van der Waals surface area contributed by atoms with Gasteiger partial charge in [-0.2, -0.15) is 21.7 Å². The second kappa shape index (κ2) is 15.4. The van der Waals surface area contributed by atoms with Gasteiger partial charge in [0, 0.05) is 48.4 Å². The van der Waals surface area contributed by atoms with Crippen LogP contribution in [0.1, 0.15) is 48.9 Å². The van der Waals surface area contributed by atoms with E-state index in [-0.39, 0.29) is 6.04 Å². The molecule has 2 aromatic carbocycles. The molecule has 0 bridgehead atoms. The molecule has 0 unspecified atom stereocenters. The van der Waals surface area contributed by atoms with Gasteiger partial charge in [0.1, 0.15) is 12.4 Å². The Morgan fingerprint density at radius 2 is 1.81 bits per heavy atom. The highest BCUT2D eigenvalue weighted by Gasteiger charge is 2.29. The Bertz CT molecular complexity index is 1320. The number of nitrogens with one attached hydrogen (secondary N) is 1. The summed E-state index contributed by atoms with van der Waals surface area (Å²) in [5.74, 6) is 2.34. The van der Waals surface area contributed by atoms with Crippen molar-refractivity contribution in [3.05, 3.63) is 53.2 Å². The van der Waals surface area contributed by atoms with Gasteiger partial charge in [0.05, 0.1) is 12.2 Å². The number of hydrogen-bond acceptors (Lipinski definition) is 9. The van der Waals surface area contributed by atoms with E-state index in [1.807, 2.05) is 18.8 Å². The summed E-state index contributed by atoms with van der Waals surface area (Å²) in [5.41, 5.74) is 11.2. The molecule has 3 aromatic rings. The van der Waals surface area contributed by atoms with Gasteiger partial charge in [0.25, 0.3) is 0 Å². The predicted molar refractivity (Wildman–Crippen MR) is 183 cm³/mol. The van der Waals surface area contributed by atoms with E-state index in [0.717, 1.165) is 70.0 Å². The summed E-state index contributed by atoms with van der Waals surface area (Å²) in [7, 11) is 4.17. The molecule has 0 aliphatic carbocycles. The number of nitrogens with two attached hydrogens (primary N) is 1. The molecule has 1 atom stereocenters. The van der Waals surface area contributed by atoms with Crippen molar-refractivity contribution in [2.24, 2.45) is 5.73 Å². The first-order valence-electron chi connectivity index (χ1n) is 16.1. The molecule has 0 spiro atoms. The summed E-state index contributed by atoms with van der Waals surface area (Å²) in [6.45, 7) is 8.76. The van der Waals surface area contributed by atoms with Crippen LogP contribution in [0.3, 0.4) is 0 Å². The molecule has 3 aliphatic rings. The minimum atomic E-state index is 0.289. The Balaban J connectivity index is 0.000000472. The maximum Gasteiger partial charge on any atom is 0.318 e. The third kappa shape index (κ3) is 7.93. The quantitative estimate of drug-likeness (QED) is 0.332. The number of fused-ring (bicyclic) bond motifs is 2. The standard InChI is InChI=1S/C29H38N6O.C5H13NS/c1-20-6-3-7-21-8-4-10-26(27(20)21)35-17-13-24-25(18-35)31-29(36-19-23-9-5-14-33(23)2)32-28(24)34-15-11-22(30)12-16-34;1-6-4-3-5-7-2/h3-4,6-8,10,22-23H,5,9,11-19,30H2,1-2H3;6H,3-5H2,1-2H3/t23-;/m0./s1. The lowest BCUT2D eigenvalue weighted by molar-refractivity contribution is 0.187. The van der Waals surface area contributed by atoms with Crippen LogP contribution in [-0.2, 0) is 13.0 Å². The molecule has 43 heavy (non-hydrogen) atoms. The molecule has 0 radical (unpaired) electrons. The first kappa shape index (κ1) is 31.8. The van der Waals surface area contributed by atoms with E-state index in [1.54, 1.807) is 0 Å². The smallest absolute Gasteiger partial charge is 0.318 e. The fourth-order valence-electron chi connectivity index (χ4n) is 6.55. The Kier molecular flexibility index (Phi) is 11.4. The van der Waals surface area contributed by atoms with Crippen molar-refractivity contribution < 1.29 is 4.74 Å². The second-order valence-electron chi connectivity index (χ2n) is 12.2. The van der Waals surface area contributed by atoms with Gasteiger partial charge in [-0.3, -0.25) is 0 Å². The van der Waals surface area contributed by atoms with Gasteiger partial charge in [-0.25, -0.2) is 0 Å². The van der Waals surface area contributed by atoms with Crippen molar-refractivity contribution in [1.29, 1.82) is 0 Å². The summed E-state index contributed by atoms with van der Waals surface area (Å²) in [4.78, 5) is 17.3. The normalized spacial score (nSPS) is 19.3. The van der Waals surface area contributed by atoms with Crippen LogP contribution in [-0.4, -0.2) is 92.4 Å². The average molecular weight is 606 g/mol. The van der Waals surface area contributed by atoms with E-state index in [2.05, 4.69) is 76.6 Å². The number of aromatic nitrogens is 2. The number of aryl methyl sites for hydroxylation is 1. The largest absolute Gasteiger partial charge is 0.462 e. The van der Waals surface area contributed by atoms with Gasteiger partial charge >= 0.3 is 6.01 Å². The van der Waals surface area contributed by atoms with Crippen LogP contribution in [0.15, 0.2) is 36.4 Å². The molecular formula is C34H51N7OS. The minimum Gasteiger partial charge on any atom is -0.462 e. The van der Waals surface area contributed by atoms with Crippen molar-refractivity contribution in [2.45, 2.75) is 64.1 Å². The Hall–Kier alpha value is -2.59. The molecule has 234 valence electrons. The SMILES string of the molecule is CNCCCSC.Cc1cccc2cccc(N3CCc4c(nc(OC[C@@H]5CCCN5C)nc4N4CCC(N)CC4)C3)c12. The number of likely N-dealkylation sites (tertiary alicyclic amines) is 1. The fraction of sp³-hybridized carbons (Fsp3) is 0.588. The van der Waals surface area contributed by atoms with Crippen molar-refractivity contribution in [2.75, 3.05) is 75.2 Å². The van der Waals surface area contributed by atoms with Crippen LogP contribution in [0.5, 0.6) is 6.01 Å². The highest BCUT2D eigenvalue weighted by Crippen LogP contribution is 2.36. The zero-order valence-electron chi connectivity index (χ0n) is 26.6. The monoisotopic (exact) mass is 605 g/mol. The molecule has 3 N–H and O–H groups in total. The lowest BCUT2D eigenvalue weighted by atomic mass is 9.99. The number of likely N-dealkylation sites (N-methyl/N-ethyl adjacent to an activating group) is 1. The molecule has 2 fully saturated rings. The van der Waals surface area contributed by atoms with E-state index in [4.69, 9.17) is 20.4 Å². The third-order valence-corrected chi connectivity index (χ3v) is 9.84. The van der Waals surface area contributed by atoms with E-state index in [9.17, 15) is 0 Å². The number of hydrogen-bond donors (Lipinski definition) is 2. The first-order chi connectivity index (χ1) is 21.0. The number of nitrogens with zero attached hydrogens (tertiary/aromatic N) is 5. The number of thioether (sulfide) groups is 1. The van der Waals surface area contributed by atoms with E-state index in [0.29, 0.717) is 18.7 Å². The molecular weight excluding hydrogens is 554 g/mol. The summed E-state index contributed by atoms with van der Waals surface area (Å²) in [6.07, 6.45) is 8.77. The molecule has 3 aliphatic heterocycles. The molecule has 4 heterocycles. The van der Waals surface area contributed by atoms with E-state index >= 15 is 0 Å². The van der Waals surface area contributed by atoms with Crippen LogP contribution < -0.4 is 25.6 Å². The zero-order chi connectivity index (χ0) is 30.2. The van der Waals surface area contributed by atoms with Crippen molar-refractivity contribution >= 4 is 34.0 Å². The zero-order valence-corrected chi connectivity index (χ0v) is 27.5. The first-order valence-corrected chi connectivity index (χ1v) is 17.5. The van der Waals surface area contributed by atoms with Crippen LogP contribution in [0, 0.1) is 6.92 Å². The highest BCUT2D eigenvalue weighted by atomic mass is 32.2. The van der Waals surface area contributed by atoms with Crippen LogP contribution in [0.2, 0.25) is 0 Å². The van der Waals surface area contributed by atoms with Crippen LogP contribution in [0.4, 0.5) is 11.5 Å². The highest BCUT2D eigenvalue weighted by molar-refractivity contribution is 7.98. The number of rotatable bonds is 9. The molecule has 6 rings (SSSR count). The minimum absolute atomic E-state index is 0.289. The molecule has 2 saturated heterocycles. The molecule has 0 amide bonds. The Labute approximate surface area is 262 Å². The van der Waals surface area contributed by atoms with E-state index in [1.165, 1.54) is 52.6 Å². The van der Waals surface area contributed by atoms with Gasteiger partial charge in [-0.1, -0.05) is 30.3 Å². The maximum absolute atomic E-state index is 6.28. The average Bonchev–Trinajstić information content (AvgIpc) is 3.44. The summed E-state index contributed by atoms with van der Waals surface area (Å²) < 4.78 is 6.28. The van der Waals surface area contributed by atoms with Gasteiger partial charge in [0.2, 0.25) is 0 Å². The van der Waals surface area contributed by atoms with Gasteiger partial charge in [-0.05, 0) is 102 Å². The van der Waals surface area contributed by atoms with E-state index < -0.39 is 0 Å². The number of piperidine rings is 1. The lowest BCUT2D eigenvalue weighted by Gasteiger charge is -2.36. The molecule has 8 nitrogen and oxygen atoms in total. The number of anilines is 2. The summed E-state index contributed by atoms with van der Waals surface area (Å²) >= 11 is 1.90. The molecule has 9 heteroatoms. The number of benzene rings is 2. The van der Waals surface area contributed by atoms with Crippen molar-refractivity contribution in [3.8, 4) is 6.01 Å². The summed E-state index contributed by atoms with van der Waals surface area (Å²) in [6, 6.07) is 14.4. The topological polar surface area (TPSA) is 82.8 Å².